The number of hydrogen-bond acceptors (Lipinski definition) is 4. The third-order valence-electron chi connectivity index (χ3n) is 3.07. The van der Waals surface area contributed by atoms with Crippen molar-refractivity contribution < 1.29 is 5.11 Å². The van der Waals surface area contributed by atoms with Gasteiger partial charge in [0.1, 0.15) is 5.82 Å². The zero-order chi connectivity index (χ0) is 13.8. The Bertz CT molecular complexity index is 537. The van der Waals surface area contributed by atoms with Crippen LogP contribution in [0.25, 0.3) is 0 Å². The highest BCUT2D eigenvalue weighted by atomic mass is 16.3. The third kappa shape index (κ3) is 3.45. The van der Waals surface area contributed by atoms with Crippen LogP contribution >= 0.6 is 0 Å². The molecule has 4 heteroatoms. The molecule has 1 atom stereocenters. The summed E-state index contributed by atoms with van der Waals surface area (Å²) in [7, 11) is 3.98. The smallest absolute Gasteiger partial charge is 0.123 e. The van der Waals surface area contributed by atoms with E-state index in [0.29, 0.717) is 12.2 Å². The highest BCUT2D eigenvalue weighted by Gasteiger charge is 2.09. The number of anilines is 2. The average molecular weight is 257 g/mol. The van der Waals surface area contributed by atoms with Crippen molar-refractivity contribution in [1.29, 1.82) is 0 Å². The first-order chi connectivity index (χ1) is 9.06. The number of nitrogens with two attached hydrogens (primary N) is 1. The van der Waals surface area contributed by atoms with E-state index >= 15 is 0 Å². The molecule has 1 aromatic carbocycles. The van der Waals surface area contributed by atoms with E-state index in [1.807, 2.05) is 49.3 Å². The molecule has 1 heterocycles. The van der Waals surface area contributed by atoms with Gasteiger partial charge in [0.15, 0.2) is 0 Å². The second-order valence-corrected chi connectivity index (χ2v) is 4.79. The SMILES string of the molecule is CN(C)c1ccc(C(O)Cc2ccnc(N)c2)cc1. The van der Waals surface area contributed by atoms with Gasteiger partial charge in [-0.1, -0.05) is 12.1 Å². The molecule has 0 aliphatic carbocycles. The van der Waals surface area contributed by atoms with Gasteiger partial charge in [0, 0.05) is 32.4 Å². The summed E-state index contributed by atoms with van der Waals surface area (Å²) in [5.41, 5.74) is 8.63. The van der Waals surface area contributed by atoms with E-state index in [1.165, 1.54) is 0 Å². The lowest BCUT2D eigenvalue weighted by Crippen LogP contribution is -2.09. The van der Waals surface area contributed by atoms with Crippen LogP contribution < -0.4 is 10.6 Å². The van der Waals surface area contributed by atoms with Gasteiger partial charge in [0.05, 0.1) is 6.10 Å². The molecule has 0 aliphatic rings. The number of aliphatic hydroxyl groups excluding tert-OH is 1. The normalized spacial score (nSPS) is 12.2. The van der Waals surface area contributed by atoms with E-state index in [2.05, 4.69) is 4.98 Å². The first-order valence-corrected chi connectivity index (χ1v) is 6.22. The molecule has 0 aliphatic heterocycles. The molecule has 0 fully saturated rings. The topological polar surface area (TPSA) is 62.4 Å². The molecule has 19 heavy (non-hydrogen) atoms. The van der Waals surface area contributed by atoms with Crippen molar-refractivity contribution in [1.82, 2.24) is 4.98 Å². The Labute approximate surface area is 113 Å². The fraction of sp³-hybridized carbons (Fsp3) is 0.267. The van der Waals surface area contributed by atoms with Crippen LogP contribution in [0, 0.1) is 0 Å². The van der Waals surface area contributed by atoms with Crippen molar-refractivity contribution in [3.63, 3.8) is 0 Å². The lowest BCUT2D eigenvalue weighted by atomic mass is 10.0. The van der Waals surface area contributed by atoms with Gasteiger partial charge in [0.25, 0.3) is 0 Å². The van der Waals surface area contributed by atoms with Gasteiger partial charge in [0.2, 0.25) is 0 Å². The van der Waals surface area contributed by atoms with Gasteiger partial charge in [-0.05, 0) is 35.4 Å². The number of benzene rings is 1. The summed E-state index contributed by atoms with van der Waals surface area (Å²) in [6.45, 7) is 0. The number of pyridine rings is 1. The molecule has 2 aromatic rings. The highest BCUT2D eigenvalue weighted by molar-refractivity contribution is 5.46. The zero-order valence-electron chi connectivity index (χ0n) is 11.2. The van der Waals surface area contributed by atoms with Crippen LogP contribution in [0.2, 0.25) is 0 Å². The maximum Gasteiger partial charge on any atom is 0.123 e. The molecule has 4 nitrogen and oxygen atoms in total. The van der Waals surface area contributed by atoms with E-state index in [-0.39, 0.29) is 0 Å². The van der Waals surface area contributed by atoms with Crippen molar-refractivity contribution in [3.8, 4) is 0 Å². The van der Waals surface area contributed by atoms with Crippen LogP contribution in [0.1, 0.15) is 17.2 Å². The van der Waals surface area contributed by atoms with Gasteiger partial charge in [-0.3, -0.25) is 0 Å². The molecule has 1 unspecified atom stereocenters. The molecular weight excluding hydrogens is 238 g/mol. The minimum absolute atomic E-state index is 0.479. The molecule has 0 saturated heterocycles. The van der Waals surface area contributed by atoms with Crippen LogP contribution in [0.5, 0.6) is 0 Å². The Morgan fingerprint density at radius 3 is 2.47 bits per heavy atom. The largest absolute Gasteiger partial charge is 0.388 e. The summed E-state index contributed by atoms with van der Waals surface area (Å²) >= 11 is 0. The Balaban J connectivity index is 2.09. The number of aromatic nitrogens is 1. The second-order valence-electron chi connectivity index (χ2n) is 4.79. The molecule has 100 valence electrons. The Morgan fingerprint density at radius 2 is 1.89 bits per heavy atom. The predicted molar refractivity (Wildman–Crippen MR) is 78.1 cm³/mol. The summed E-state index contributed by atoms with van der Waals surface area (Å²) < 4.78 is 0. The molecular formula is C15H19N3O. The lowest BCUT2D eigenvalue weighted by Gasteiger charge is -2.15. The summed E-state index contributed by atoms with van der Waals surface area (Å²) in [6, 6.07) is 11.6. The Morgan fingerprint density at radius 1 is 1.21 bits per heavy atom. The number of nitrogens with zero attached hydrogens (tertiary/aromatic N) is 2. The summed E-state index contributed by atoms with van der Waals surface area (Å²) in [6.07, 6.45) is 1.67. The molecule has 0 bridgehead atoms. The van der Waals surface area contributed by atoms with Crippen molar-refractivity contribution >= 4 is 11.5 Å². The Hall–Kier alpha value is -2.07. The molecule has 2 rings (SSSR count). The summed E-state index contributed by atoms with van der Waals surface area (Å²) in [5, 5.41) is 10.2. The van der Waals surface area contributed by atoms with E-state index in [0.717, 1.165) is 16.8 Å². The number of nitrogen functional groups attached to an aromatic ring is 1. The average Bonchev–Trinajstić information content (AvgIpc) is 2.39. The van der Waals surface area contributed by atoms with Crippen molar-refractivity contribution in [2.45, 2.75) is 12.5 Å². The molecule has 0 radical (unpaired) electrons. The molecule has 1 aromatic heterocycles. The molecule has 0 amide bonds. The van der Waals surface area contributed by atoms with Crippen LogP contribution in [-0.4, -0.2) is 24.2 Å². The lowest BCUT2D eigenvalue weighted by molar-refractivity contribution is 0.178. The van der Waals surface area contributed by atoms with Crippen LogP contribution in [-0.2, 0) is 6.42 Å². The van der Waals surface area contributed by atoms with E-state index in [9.17, 15) is 5.11 Å². The fourth-order valence-electron chi connectivity index (χ4n) is 1.96. The maximum atomic E-state index is 10.2. The number of rotatable bonds is 4. The van der Waals surface area contributed by atoms with Crippen molar-refractivity contribution in [2.24, 2.45) is 0 Å². The van der Waals surface area contributed by atoms with E-state index in [4.69, 9.17) is 5.73 Å². The predicted octanol–water partition coefficient (Wildman–Crippen LogP) is 2.01. The third-order valence-corrected chi connectivity index (χ3v) is 3.07. The van der Waals surface area contributed by atoms with Crippen LogP contribution in [0.15, 0.2) is 42.6 Å². The number of hydrogen-bond donors (Lipinski definition) is 2. The Kier molecular flexibility index (Phi) is 4.02. The van der Waals surface area contributed by atoms with E-state index in [1.54, 1.807) is 12.3 Å². The standard InChI is InChI=1S/C15H19N3O/c1-18(2)13-5-3-12(4-6-13)14(19)9-11-7-8-17-15(16)10-11/h3-8,10,14,19H,9H2,1-2H3,(H2,16,17). The second kappa shape index (κ2) is 5.71. The van der Waals surface area contributed by atoms with Gasteiger partial charge in [-0.25, -0.2) is 4.98 Å². The fourth-order valence-corrected chi connectivity index (χ4v) is 1.96. The first-order valence-electron chi connectivity index (χ1n) is 6.22. The number of aliphatic hydroxyl groups is 1. The molecule has 3 N–H and O–H groups in total. The van der Waals surface area contributed by atoms with Crippen LogP contribution in [0.4, 0.5) is 11.5 Å². The van der Waals surface area contributed by atoms with Gasteiger partial charge >= 0.3 is 0 Å². The molecule has 0 saturated carbocycles. The molecule has 0 spiro atoms. The minimum atomic E-state index is -0.530. The van der Waals surface area contributed by atoms with Crippen LogP contribution in [0.3, 0.4) is 0 Å². The zero-order valence-corrected chi connectivity index (χ0v) is 11.2. The first kappa shape index (κ1) is 13.4. The minimum Gasteiger partial charge on any atom is -0.388 e. The summed E-state index contributed by atoms with van der Waals surface area (Å²) in [4.78, 5) is 5.97. The highest BCUT2D eigenvalue weighted by Crippen LogP contribution is 2.21. The quantitative estimate of drug-likeness (QED) is 0.879. The van der Waals surface area contributed by atoms with Crippen molar-refractivity contribution in [3.05, 3.63) is 53.7 Å². The summed E-state index contributed by atoms with van der Waals surface area (Å²) in [5.74, 6) is 0.479. The monoisotopic (exact) mass is 257 g/mol. The maximum absolute atomic E-state index is 10.2. The van der Waals surface area contributed by atoms with Gasteiger partial charge < -0.3 is 15.7 Å². The van der Waals surface area contributed by atoms with Gasteiger partial charge in [-0.15, -0.1) is 0 Å². The van der Waals surface area contributed by atoms with Crippen molar-refractivity contribution in [2.75, 3.05) is 24.7 Å². The van der Waals surface area contributed by atoms with E-state index < -0.39 is 6.10 Å². The van der Waals surface area contributed by atoms with Gasteiger partial charge in [-0.2, -0.15) is 0 Å².